The molecule has 0 unspecified atom stereocenters. The third-order valence-corrected chi connectivity index (χ3v) is 1.39. The summed E-state index contributed by atoms with van der Waals surface area (Å²) in [7, 11) is 0. The topological polar surface area (TPSA) is 17.1 Å². The van der Waals surface area contributed by atoms with Crippen LogP contribution >= 0.6 is 0 Å². The summed E-state index contributed by atoms with van der Waals surface area (Å²) in [5, 5.41) is 0. The van der Waals surface area contributed by atoms with Gasteiger partial charge in [-0.1, -0.05) is 24.3 Å². The van der Waals surface area contributed by atoms with E-state index >= 15 is 0 Å². The van der Waals surface area contributed by atoms with Gasteiger partial charge in [0.1, 0.15) is 6.29 Å². The van der Waals surface area contributed by atoms with Crippen LogP contribution in [0.25, 0.3) is 0 Å². The molecule has 0 aromatic carbocycles. The minimum Gasteiger partial charge on any atom is -0.299 e. The molecule has 0 saturated carbocycles. The highest BCUT2D eigenvalue weighted by Gasteiger charge is 1.90. The molecule has 0 atom stereocenters. The van der Waals surface area contributed by atoms with Crippen LogP contribution in [0, 0.1) is 0 Å². The van der Waals surface area contributed by atoms with E-state index in [9.17, 15) is 4.79 Å². The number of hydrogen-bond acceptors (Lipinski definition) is 1. The number of carbonyl (C=O) groups is 1. The van der Waals surface area contributed by atoms with Gasteiger partial charge in [-0.15, -0.1) is 0 Å². The zero-order valence-corrected chi connectivity index (χ0v) is 5.79. The lowest BCUT2D eigenvalue weighted by Crippen LogP contribution is -1.79. The van der Waals surface area contributed by atoms with Crippen LogP contribution in [-0.2, 0) is 4.79 Å². The molecular formula is C9H10O. The molecule has 1 rings (SSSR count). The molecule has 1 aliphatic carbocycles. The molecule has 0 spiro atoms. The second-order valence-corrected chi connectivity index (χ2v) is 2.18. The van der Waals surface area contributed by atoms with Crippen LogP contribution in [0.3, 0.4) is 0 Å². The molecule has 1 nitrogen and oxygen atoms in total. The van der Waals surface area contributed by atoms with Crippen LogP contribution < -0.4 is 0 Å². The SMILES string of the molecule is O=C/C=C/C1=CCCC=C1. The molecule has 0 amide bonds. The summed E-state index contributed by atoms with van der Waals surface area (Å²) in [6.45, 7) is 0. The van der Waals surface area contributed by atoms with Crippen LogP contribution in [-0.4, -0.2) is 6.29 Å². The molecule has 0 aliphatic heterocycles. The number of carbonyl (C=O) groups excluding carboxylic acids is 1. The molecule has 10 heavy (non-hydrogen) atoms. The largest absolute Gasteiger partial charge is 0.299 e. The van der Waals surface area contributed by atoms with Crippen molar-refractivity contribution >= 4 is 6.29 Å². The minimum atomic E-state index is 0.795. The second kappa shape index (κ2) is 3.83. The van der Waals surface area contributed by atoms with Gasteiger partial charge >= 0.3 is 0 Å². The Morgan fingerprint density at radius 3 is 2.90 bits per heavy atom. The lowest BCUT2D eigenvalue weighted by atomic mass is 10.1. The van der Waals surface area contributed by atoms with E-state index in [1.807, 2.05) is 12.2 Å². The fourth-order valence-corrected chi connectivity index (χ4v) is 0.908. The zero-order valence-electron chi connectivity index (χ0n) is 5.79. The molecule has 1 heteroatoms. The Morgan fingerprint density at radius 2 is 2.30 bits per heavy atom. The first kappa shape index (κ1) is 7.00. The Labute approximate surface area is 60.7 Å². The lowest BCUT2D eigenvalue weighted by Gasteiger charge is -1.98. The van der Waals surface area contributed by atoms with Crippen molar-refractivity contribution in [3.05, 3.63) is 36.0 Å². The van der Waals surface area contributed by atoms with Crippen molar-refractivity contribution in [1.82, 2.24) is 0 Å². The van der Waals surface area contributed by atoms with Crippen molar-refractivity contribution in [2.45, 2.75) is 12.8 Å². The summed E-state index contributed by atoms with van der Waals surface area (Å²) in [5.41, 5.74) is 1.14. The maximum atomic E-state index is 9.91. The summed E-state index contributed by atoms with van der Waals surface area (Å²) < 4.78 is 0. The number of rotatable bonds is 2. The van der Waals surface area contributed by atoms with Crippen LogP contribution in [0.4, 0.5) is 0 Å². The highest BCUT2D eigenvalue weighted by atomic mass is 16.1. The average molecular weight is 134 g/mol. The smallest absolute Gasteiger partial charge is 0.142 e. The molecule has 0 aromatic rings. The molecule has 1 aliphatic rings. The fraction of sp³-hybridized carbons (Fsp3) is 0.222. The summed E-state index contributed by atoms with van der Waals surface area (Å²) in [6.07, 6.45) is 12.6. The molecule has 0 fully saturated rings. The number of allylic oxidation sites excluding steroid dienone is 6. The summed E-state index contributed by atoms with van der Waals surface area (Å²) >= 11 is 0. The first-order valence-electron chi connectivity index (χ1n) is 3.42. The van der Waals surface area contributed by atoms with Gasteiger partial charge in [-0.3, -0.25) is 4.79 Å². The molecule has 0 saturated heterocycles. The quantitative estimate of drug-likeness (QED) is 0.417. The Kier molecular flexibility index (Phi) is 2.68. The van der Waals surface area contributed by atoms with Crippen LogP contribution in [0.5, 0.6) is 0 Å². The first-order chi connectivity index (χ1) is 4.93. The molecular weight excluding hydrogens is 124 g/mol. The van der Waals surface area contributed by atoms with Gasteiger partial charge in [0.05, 0.1) is 0 Å². The van der Waals surface area contributed by atoms with Gasteiger partial charge < -0.3 is 0 Å². The Bertz CT molecular complexity index is 197. The van der Waals surface area contributed by atoms with Crippen LogP contribution in [0.2, 0.25) is 0 Å². The highest BCUT2D eigenvalue weighted by Crippen LogP contribution is 2.09. The monoisotopic (exact) mass is 134 g/mol. The van der Waals surface area contributed by atoms with Crippen molar-refractivity contribution in [3.8, 4) is 0 Å². The molecule has 0 radical (unpaired) electrons. The third kappa shape index (κ3) is 2.02. The van der Waals surface area contributed by atoms with Gasteiger partial charge in [-0.25, -0.2) is 0 Å². The van der Waals surface area contributed by atoms with Crippen LogP contribution in [0.15, 0.2) is 36.0 Å². The van der Waals surface area contributed by atoms with E-state index in [0.29, 0.717) is 0 Å². The summed E-state index contributed by atoms with van der Waals surface area (Å²) in [5.74, 6) is 0. The van der Waals surface area contributed by atoms with Crippen molar-refractivity contribution < 1.29 is 4.79 Å². The molecule has 0 heterocycles. The lowest BCUT2D eigenvalue weighted by molar-refractivity contribution is -0.104. The van der Waals surface area contributed by atoms with E-state index in [0.717, 1.165) is 24.7 Å². The van der Waals surface area contributed by atoms with Crippen molar-refractivity contribution in [3.63, 3.8) is 0 Å². The van der Waals surface area contributed by atoms with E-state index < -0.39 is 0 Å². The van der Waals surface area contributed by atoms with Crippen LogP contribution in [0.1, 0.15) is 12.8 Å². The van der Waals surface area contributed by atoms with Gasteiger partial charge in [0.25, 0.3) is 0 Å². The molecule has 0 aromatic heterocycles. The minimum absolute atomic E-state index is 0.795. The highest BCUT2D eigenvalue weighted by molar-refractivity contribution is 5.66. The second-order valence-electron chi connectivity index (χ2n) is 2.18. The first-order valence-corrected chi connectivity index (χ1v) is 3.42. The third-order valence-electron chi connectivity index (χ3n) is 1.39. The van der Waals surface area contributed by atoms with Gasteiger partial charge in [0.15, 0.2) is 0 Å². The predicted octanol–water partition coefficient (Wildman–Crippen LogP) is 2.02. The Morgan fingerprint density at radius 1 is 1.40 bits per heavy atom. The summed E-state index contributed by atoms with van der Waals surface area (Å²) in [6, 6.07) is 0. The maximum Gasteiger partial charge on any atom is 0.142 e. The van der Waals surface area contributed by atoms with E-state index in [2.05, 4.69) is 12.2 Å². The van der Waals surface area contributed by atoms with Gasteiger partial charge in [0, 0.05) is 0 Å². The Balaban J connectivity index is 2.55. The number of hydrogen-bond donors (Lipinski definition) is 0. The van der Waals surface area contributed by atoms with Crippen molar-refractivity contribution in [2.75, 3.05) is 0 Å². The fourth-order valence-electron chi connectivity index (χ4n) is 0.908. The van der Waals surface area contributed by atoms with Crippen molar-refractivity contribution in [2.24, 2.45) is 0 Å². The average Bonchev–Trinajstić information content (AvgIpc) is 2.03. The number of aldehydes is 1. The molecule has 52 valence electrons. The molecule has 0 N–H and O–H groups in total. The van der Waals surface area contributed by atoms with E-state index in [1.165, 1.54) is 6.08 Å². The maximum absolute atomic E-state index is 9.91. The van der Waals surface area contributed by atoms with E-state index in [1.54, 1.807) is 0 Å². The standard InChI is InChI=1S/C9H10O/c10-8-4-7-9-5-2-1-3-6-9/h2,4-8H,1,3H2/b7-4+. The summed E-state index contributed by atoms with van der Waals surface area (Å²) in [4.78, 5) is 9.91. The Hall–Kier alpha value is -1.11. The van der Waals surface area contributed by atoms with E-state index in [4.69, 9.17) is 0 Å². The predicted molar refractivity (Wildman–Crippen MR) is 41.7 cm³/mol. The zero-order chi connectivity index (χ0) is 7.23. The molecule has 0 bridgehead atoms. The van der Waals surface area contributed by atoms with E-state index in [-0.39, 0.29) is 0 Å². The van der Waals surface area contributed by atoms with Gasteiger partial charge in [0.2, 0.25) is 0 Å². The van der Waals surface area contributed by atoms with Gasteiger partial charge in [-0.05, 0) is 24.5 Å². The van der Waals surface area contributed by atoms with Gasteiger partial charge in [-0.2, -0.15) is 0 Å². The van der Waals surface area contributed by atoms with Crippen molar-refractivity contribution in [1.29, 1.82) is 0 Å². The normalized spacial score (nSPS) is 17.4.